The first kappa shape index (κ1) is 13.3. The Morgan fingerprint density at radius 2 is 1.84 bits per heavy atom. The summed E-state index contributed by atoms with van der Waals surface area (Å²) in [6, 6.07) is 15.8. The number of hydrogen-bond acceptors (Lipinski definition) is 3. The monoisotopic (exact) mass is 257 g/mol. The Balaban J connectivity index is 1.82. The van der Waals surface area contributed by atoms with Crippen molar-refractivity contribution in [2.75, 3.05) is 19.5 Å². The molecule has 0 atom stereocenters. The summed E-state index contributed by atoms with van der Waals surface area (Å²) in [6.45, 7) is 0.645. The molecule has 0 spiro atoms. The Hall–Kier alpha value is -2.16. The molecule has 0 aliphatic carbocycles. The number of ether oxygens (including phenoxy) is 2. The number of anilines is 1. The largest absolute Gasteiger partial charge is 0.497 e. The highest BCUT2D eigenvalue weighted by Crippen LogP contribution is 2.26. The van der Waals surface area contributed by atoms with Gasteiger partial charge in [-0.25, -0.2) is 0 Å². The van der Waals surface area contributed by atoms with Crippen LogP contribution in [0.1, 0.15) is 12.0 Å². The van der Waals surface area contributed by atoms with E-state index >= 15 is 0 Å². The fourth-order valence-corrected chi connectivity index (χ4v) is 1.87. The van der Waals surface area contributed by atoms with Gasteiger partial charge in [0, 0.05) is 6.07 Å². The van der Waals surface area contributed by atoms with Gasteiger partial charge in [-0.15, -0.1) is 0 Å². The molecule has 0 saturated heterocycles. The molecule has 0 heterocycles. The molecule has 2 aromatic rings. The van der Waals surface area contributed by atoms with Crippen LogP contribution in [0.2, 0.25) is 0 Å². The molecule has 3 nitrogen and oxygen atoms in total. The van der Waals surface area contributed by atoms with Crippen LogP contribution in [0.4, 0.5) is 5.69 Å². The lowest BCUT2D eigenvalue weighted by molar-refractivity contribution is 0.310. The Labute approximate surface area is 114 Å². The van der Waals surface area contributed by atoms with Gasteiger partial charge in [0.05, 0.1) is 19.4 Å². The van der Waals surface area contributed by atoms with Crippen molar-refractivity contribution in [1.82, 2.24) is 0 Å². The zero-order valence-corrected chi connectivity index (χ0v) is 11.1. The average Bonchev–Trinajstić information content (AvgIpc) is 2.46. The van der Waals surface area contributed by atoms with E-state index in [0.717, 1.165) is 18.6 Å². The van der Waals surface area contributed by atoms with Crippen LogP contribution in [0.3, 0.4) is 0 Å². The zero-order chi connectivity index (χ0) is 13.5. The van der Waals surface area contributed by atoms with Gasteiger partial charge in [-0.05, 0) is 30.5 Å². The maximum atomic E-state index is 5.86. The van der Waals surface area contributed by atoms with Gasteiger partial charge in [-0.3, -0.25) is 0 Å². The van der Waals surface area contributed by atoms with Gasteiger partial charge in [-0.1, -0.05) is 30.3 Å². The predicted molar refractivity (Wildman–Crippen MR) is 77.7 cm³/mol. The standard InChI is InChI=1S/C16H19NO2/c1-18-14-9-10-15(17)16(12-14)19-11-5-8-13-6-3-2-4-7-13/h2-4,6-7,9-10,12H,5,8,11,17H2,1H3. The van der Waals surface area contributed by atoms with Crippen LogP contribution >= 0.6 is 0 Å². The molecule has 2 aromatic carbocycles. The second kappa shape index (κ2) is 6.69. The van der Waals surface area contributed by atoms with Crippen LogP contribution in [-0.2, 0) is 6.42 Å². The maximum absolute atomic E-state index is 5.86. The molecule has 0 aliphatic rings. The summed E-state index contributed by atoms with van der Waals surface area (Å²) in [5.41, 5.74) is 7.82. The van der Waals surface area contributed by atoms with E-state index in [1.807, 2.05) is 18.2 Å². The lowest BCUT2D eigenvalue weighted by Gasteiger charge is -2.10. The third-order valence-electron chi connectivity index (χ3n) is 2.93. The van der Waals surface area contributed by atoms with Gasteiger partial charge in [0.25, 0.3) is 0 Å². The predicted octanol–water partition coefficient (Wildman–Crippen LogP) is 3.29. The summed E-state index contributed by atoms with van der Waals surface area (Å²) in [4.78, 5) is 0. The van der Waals surface area contributed by atoms with Crippen LogP contribution in [0.15, 0.2) is 48.5 Å². The Bertz CT molecular complexity index is 511. The van der Waals surface area contributed by atoms with Crippen LogP contribution in [-0.4, -0.2) is 13.7 Å². The molecule has 0 radical (unpaired) electrons. The number of methoxy groups -OCH3 is 1. The topological polar surface area (TPSA) is 44.5 Å². The Morgan fingerprint density at radius 3 is 2.58 bits per heavy atom. The number of benzene rings is 2. The van der Waals surface area contributed by atoms with E-state index in [1.165, 1.54) is 5.56 Å². The zero-order valence-electron chi connectivity index (χ0n) is 11.1. The number of rotatable bonds is 6. The minimum absolute atomic E-state index is 0.639. The fraction of sp³-hybridized carbons (Fsp3) is 0.250. The molecular formula is C16H19NO2. The first-order valence-electron chi connectivity index (χ1n) is 6.40. The summed E-state index contributed by atoms with van der Waals surface area (Å²) < 4.78 is 10.8. The van der Waals surface area contributed by atoms with Gasteiger partial charge in [0.2, 0.25) is 0 Å². The van der Waals surface area contributed by atoms with Crippen molar-refractivity contribution >= 4 is 5.69 Å². The van der Waals surface area contributed by atoms with Gasteiger partial charge in [0.15, 0.2) is 0 Å². The van der Waals surface area contributed by atoms with Crippen LogP contribution in [0.25, 0.3) is 0 Å². The van der Waals surface area contributed by atoms with E-state index in [-0.39, 0.29) is 0 Å². The SMILES string of the molecule is COc1ccc(N)c(OCCCc2ccccc2)c1. The first-order chi connectivity index (χ1) is 9.29. The van der Waals surface area contributed by atoms with E-state index in [1.54, 1.807) is 13.2 Å². The van der Waals surface area contributed by atoms with Crippen LogP contribution in [0, 0.1) is 0 Å². The van der Waals surface area contributed by atoms with Crippen LogP contribution < -0.4 is 15.2 Å². The highest BCUT2D eigenvalue weighted by molar-refractivity contribution is 5.55. The minimum atomic E-state index is 0.639. The summed E-state index contributed by atoms with van der Waals surface area (Å²) in [5.74, 6) is 1.44. The number of hydrogen-bond donors (Lipinski definition) is 1. The van der Waals surface area contributed by atoms with E-state index in [2.05, 4.69) is 24.3 Å². The van der Waals surface area contributed by atoms with E-state index in [9.17, 15) is 0 Å². The highest BCUT2D eigenvalue weighted by Gasteiger charge is 2.02. The molecule has 0 saturated carbocycles. The molecule has 0 fully saturated rings. The minimum Gasteiger partial charge on any atom is -0.497 e. The van der Waals surface area contributed by atoms with Gasteiger partial charge in [0.1, 0.15) is 11.5 Å². The molecule has 3 heteroatoms. The van der Waals surface area contributed by atoms with Crippen molar-refractivity contribution in [3.8, 4) is 11.5 Å². The summed E-state index contributed by atoms with van der Waals surface area (Å²) in [6.07, 6.45) is 1.96. The normalized spacial score (nSPS) is 10.2. The Kier molecular flexibility index (Phi) is 4.67. The van der Waals surface area contributed by atoms with Crippen molar-refractivity contribution in [3.05, 3.63) is 54.1 Å². The summed E-state index contributed by atoms with van der Waals surface area (Å²) in [7, 11) is 1.63. The molecule has 0 aliphatic heterocycles. The van der Waals surface area contributed by atoms with E-state index in [4.69, 9.17) is 15.2 Å². The molecule has 2 rings (SSSR count). The lowest BCUT2D eigenvalue weighted by atomic mass is 10.1. The molecular weight excluding hydrogens is 238 g/mol. The second-order valence-electron chi connectivity index (χ2n) is 4.34. The van der Waals surface area contributed by atoms with Gasteiger partial charge >= 0.3 is 0 Å². The Morgan fingerprint density at radius 1 is 1.05 bits per heavy atom. The number of aryl methyl sites for hydroxylation is 1. The van der Waals surface area contributed by atoms with Crippen molar-refractivity contribution < 1.29 is 9.47 Å². The van der Waals surface area contributed by atoms with E-state index in [0.29, 0.717) is 18.0 Å². The van der Waals surface area contributed by atoms with Crippen molar-refractivity contribution in [2.24, 2.45) is 0 Å². The van der Waals surface area contributed by atoms with Crippen molar-refractivity contribution in [3.63, 3.8) is 0 Å². The highest BCUT2D eigenvalue weighted by atomic mass is 16.5. The smallest absolute Gasteiger partial charge is 0.145 e. The number of nitrogen functional groups attached to an aromatic ring is 1. The maximum Gasteiger partial charge on any atom is 0.145 e. The first-order valence-corrected chi connectivity index (χ1v) is 6.40. The van der Waals surface area contributed by atoms with Crippen LogP contribution in [0.5, 0.6) is 11.5 Å². The van der Waals surface area contributed by atoms with Crippen molar-refractivity contribution in [1.29, 1.82) is 0 Å². The second-order valence-corrected chi connectivity index (χ2v) is 4.34. The molecule has 0 aromatic heterocycles. The molecule has 0 amide bonds. The quantitative estimate of drug-likeness (QED) is 0.638. The van der Waals surface area contributed by atoms with Gasteiger partial charge in [-0.2, -0.15) is 0 Å². The average molecular weight is 257 g/mol. The van der Waals surface area contributed by atoms with Gasteiger partial charge < -0.3 is 15.2 Å². The molecule has 0 unspecified atom stereocenters. The third kappa shape index (κ3) is 3.91. The fourth-order valence-electron chi connectivity index (χ4n) is 1.87. The molecule has 19 heavy (non-hydrogen) atoms. The lowest BCUT2D eigenvalue weighted by Crippen LogP contribution is -2.02. The van der Waals surface area contributed by atoms with Crippen molar-refractivity contribution in [2.45, 2.75) is 12.8 Å². The molecule has 0 bridgehead atoms. The summed E-state index contributed by atoms with van der Waals surface area (Å²) in [5, 5.41) is 0. The molecule has 2 N–H and O–H groups in total. The molecule has 100 valence electrons. The van der Waals surface area contributed by atoms with E-state index < -0.39 is 0 Å². The number of nitrogens with two attached hydrogens (primary N) is 1. The third-order valence-corrected chi connectivity index (χ3v) is 2.93. The summed E-state index contributed by atoms with van der Waals surface area (Å²) >= 11 is 0.